The highest BCUT2D eigenvalue weighted by atomic mass is 16.5. The second kappa shape index (κ2) is 14.1. The van der Waals surface area contributed by atoms with Crippen molar-refractivity contribution in [2.24, 2.45) is 4.99 Å². The molecule has 1 saturated heterocycles. The van der Waals surface area contributed by atoms with Crippen molar-refractivity contribution in [1.82, 2.24) is 20.4 Å². The van der Waals surface area contributed by atoms with Crippen molar-refractivity contribution >= 4 is 5.96 Å². The Morgan fingerprint density at radius 3 is 2.40 bits per heavy atom. The van der Waals surface area contributed by atoms with E-state index in [1.165, 1.54) is 45.7 Å². The summed E-state index contributed by atoms with van der Waals surface area (Å²) >= 11 is 0. The van der Waals surface area contributed by atoms with Crippen LogP contribution in [0.15, 0.2) is 29.3 Å². The average molecular weight is 420 g/mol. The van der Waals surface area contributed by atoms with E-state index < -0.39 is 0 Å². The monoisotopic (exact) mass is 419 g/mol. The van der Waals surface area contributed by atoms with Gasteiger partial charge < -0.3 is 29.9 Å². The van der Waals surface area contributed by atoms with E-state index in [9.17, 15) is 0 Å². The van der Waals surface area contributed by atoms with Gasteiger partial charge in [0.1, 0.15) is 6.10 Å². The van der Waals surface area contributed by atoms with Crippen molar-refractivity contribution in [1.29, 1.82) is 0 Å². The van der Waals surface area contributed by atoms with Gasteiger partial charge in [-0.1, -0.05) is 19.1 Å². The van der Waals surface area contributed by atoms with Crippen LogP contribution in [-0.4, -0.2) is 87.9 Å². The van der Waals surface area contributed by atoms with E-state index in [2.05, 4.69) is 39.3 Å². The number of likely N-dealkylation sites (N-methyl/N-ethyl adjacent to an activating group) is 1. The fourth-order valence-electron chi connectivity index (χ4n) is 3.53. The number of aliphatic imine (C=N–C) groups is 1. The van der Waals surface area contributed by atoms with Gasteiger partial charge in [0.2, 0.25) is 0 Å². The molecular formula is C23H41N5O2. The molecule has 1 unspecified atom stereocenters. The molecule has 0 saturated carbocycles. The van der Waals surface area contributed by atoms with Gasteiger partial charge in [0, 0.05) is 39.3 Å². The molecule has 2 N–H and O–H groups in total. The lowest BCUT2D eigenvalue weighted by Gasteiger charge is -2.34. The smallest absolute Gasteiger partial charge is 0.191 e. The molecule has 1 fully saturated rings. The Morgan fingerprint density at radius 2 is 1.73 bits per heavy atom. The number of para-hydroxylation sites is 2. The quantitative estimate of drug-likeness (QED) is 0.308. The fourth-order valence-corrected chi connectivity index (χ4v) is 3.53. The Balaban J connectivity index is 1.67. The van der Waals surface area contributed by atoms with Crippen LogP contribution in [0.4, 0.5) is 0 Å². The molecule has 1 heterocycles. The van der Waals surface area contributed by atoms with Crippen LogP contribution in [-0.2, 0) is 0 Å². The van der Waals surface area contributed by atoms with Gasteiger partial charge in [-0.05, 0) is 51.9 Å². The van der Waals surface area contributed by atoms with Crippen molar-refractivity contribution < 1.29 is 9.47 Å². The van der Waals surface area contributed by atoms with Gasteiger partial charge in [0.15, 0.2) is 17.5 Å². The summed E-state index contributed by atoms with van der Waals surface area (Å²) in [5.41, 5.74) is 0. The van der Waals surface area contributed by atoms with Gasteiger partial charge >= 0.3 is 0 Å². The molecule has 0 bridgehead atoms. The number of nitrogens with one attached hydrogen (secondary N) is 2. The zero-order valence-corrected chi connectivity index (χ0v) is 19.3. The van der Waals surface area contributed by atoms with Crippen LogP contribution < -0.4 is 20.1 Å². The topological polar surface area (TPSA) is 61.4 Å². The van der Waals surface area contributed by atoms with Crippen LogP contribution in [0.3, 0.4) is 0 Å². The van der Waals surface area contributed by atoms with E-state index in [1.807, 2.05) is 31.2 Å². The third kappa shape index (κ3) is 8.79. The summed E-state index contributed by atoms with van der Waals surface area (Å²) in [7, 11) is 1.66. The second-order valence-electron chi connectivity index (χ2n) is 7.71. The van der Waals surface area contributed by atoms with Gasteiger partial charge in [-0.25, -0.2) is 4.99 Å². The maximum Gasteiger partial charge on any atom is 0.191 e. The molecule has 0 spiro atoms. The first kappa shape index (κ1) is 24.3. The molecule has 30 heavy (non-hydrogen) atoms. The molecule has 1 aliphatic heterocycles. The maximum absolute atomic E-state index is 5.99. The molecule has 1 aromatic carbocycles. The number of nitrogens with zero attached hydrogens (tertiary/aromatic N) is 3. The van der Waals surface area contributed by atoms with E-state index in [0.717, 1.165) is 37.0 Å². The number of piperazine rings is 1. The number of rotatable bonds is 12. The number of hydrogen-bond acceptors (Lipinski definition) is 5. The molecule has 0 radical (unpaired) electrons. The van der Waals surface area contributed by atoms with E-state index in [-0.39, 0.29) is 6.10 Å². The first-order chi connectivity index (χ1) is 14.7. The van der Waals surface area contributed by atoms with Crippen molar-refractivity contribution in [3.8, 4) is 11.5 Å². The van der Waals surface area contributed by atoms with E-state index in [4.69, 9.17) is 9.47 Å². The highest BCUT2D eigenvalue weighted by Gasteiger charge is 2.14. The molecule has 1 aliphatic rings. The van der Waals surface area contributed by atoms with Crippen molar-refractivity contribution in [2.75, 3.05) is 66.0 Å². The lowest BCUT2D eigenvalue weighted by molar-refractivity contribution is 0.136. The minimum atomic E-state index is -0.0430. The number of hydrogen-bond donors (Lipinski definition) is 2. The summed E-state index contributed by atoms with van der Waals surface area (Å²) in [5.74, 6) is 2.35. The zero-order valence-electron chi connectivity index (χ0n) is 19.3. The van der Waals surface area contributed by atoms with Gasteiger partial charge in [-0.15, -0.1) is 0 Å². The molecule has 1 atom stereocenters. The zero-order chi connectivity index (χ0) is 21.6. The summed E-state index contributed by atoms with van der Waals surface area (Å²) in [6.07, 6.45) is 2.32. The molecule has 170 valence electrons. The molecule has 7 heteroatoms. The summed E-state index contributed by atoms with van der Waals surface area (Å²) in [6.45, 7) is 15.9. The SMILES string of the molecule is CCNC(=NCC(C)Oc1ccccc1OC)NCCCCN1CCN(CC)CC1. The van der Waals surface area contributed by atoms with E-state index in [1.54, 1.807) is 7.11 Å². The number of guanidine groups is 1. The molecule has 0 amide bonds. The highest BCUT2D eigenvalue weighted by Crippen LogP contribution is 2.26. The molecule has 0 aliphatic carbocycles. The summed E-state index contributed by atoms with van der Waals surface area (Å²) in [6, 6.07) is 7.71. The van der Waals surface area contributed by atoms with Crippen molar-refractivity contribution in [3.05, 3.63) is 24.3 Å². The Kier molecular flexibility index (Phi) is 11.4. The normalized spacial score (nSPS) is 16.9. The Labute approximate surface area is 182 Å². The van der Waals surface area contributed by atoms with Gasteiger partial charge in [0.05, 0.1) is 13.7 Å². The molecule has 1 aromatic rings. The van der Waals surface area contributed by atoms with Gasteiger partial charge in [0.25, 0.3) is 0 Å². The first-order valence-electron chi connectivity index (χ1n) is 11.4. The van der Waals surface area contributed by atoms with Gasteiger partial charge in [-0.3, -0.25) is 0 Å². The van der Waals surface area contributed by atoms with E-state index in [0.29, 0.717) is 6.54 Å². The maximum atomic E-state index is 5.99. The van der Waals surface area contributed by atoms with Gasteiger partial charge in [-0.2, -0.15) is 0 Å². The third-order valence-corrected chi connectivity index (χ3v) is 5.35. The van der Waals surface area contributed by atoms with Crippen molar-refractivity contribution in [2.45, 2.75) is 39.7 Å². The standard InChI is InChI=1S/C23H41N5O2/c1-5-24-23(25-13-9-10-14-28-17-15-27(6-2)16-18-28)26-19-20(3)30-22-12-8-7-11-21(22)29-4/h7-8,11-12,20H,5-6,9-10,13-19H2,1-4H3,(H2,24,25,26). The Morgan fingerprint density at radius 1 is 1.03 bits per heavy atom. The predicted octanol–water partition coefficient (Wildman–Crippen LogP) is 2.44. The van der Waals surface area contributed by atoms with Crippen LogP contribution in [0.1, 0.15) is 33.6 Å². The minimum Gasteiger partial charge on any atom is -0.493 e. The predicted molar refractivity (Wildman–Crippen MR) is 125 cm³/mol. The van der Waals surface area contributed by atoms with E-state index >= 15 is 0 Å². The fraction of sp³-hybridized carbons (Fsp3) is 0.696. The lowest BCUT2D eigenvalue weighted by atomic mass is 10.2. The third-order valence-electron chi connectivity index (χ3n) is 5.35. The summed E-state index contributed by atoms with van der Waals surface area (Å²) in [4.78, 5) is 9.79. The number of benzene rings is 1. The Hall–Kier alpha value is -1.99. The first-order valence-corrected chi connectivity index (χ1v) is 11.4. The molecule has 0 aromatic heterocycles. The highest BCUT2D eigenvalue weighted by molar-refractivity contribution is 5.79. The van der Waals surface area contributed by atoms with Crippen molar-refractivity contribution in [3.63, 3.8) is 0 Å². The van der Waals surface area contributed by atoms with Crippen LogP contribution in [0.2, 0.25) is 0 Å². The number of methoxy groups -OCH3 is 1. The average Bonchev–Trinajstić information content (AvgIpc) is 2.78. The van der Waals surface area contributed by atoms with Crippen LogP contribution in [0.25, 0.3) is 0 Å². The number of unbranched alkanes of at least 4 members (excludes halogenated alkanes) is 1. The minimum absolute atomic E-state index is 0.0430. The molecule has 2 rings (SSSR count). The number of ether oxygens (including phenoxy) is 2. The largest absolute Gasteiger partial charge is 0.493 e. The van der Waals surface area contributed by atoms with Crippen LogP contribution in [0.5, 0.6) is 11.5 Å². The lowest BCUT2D eigenvalue weighted by Crippen LogP contribution is -2.46. The molecular weight excluding hydrogens is 378 g/mol. The summed E-state index contributed by atoms with van der Waals surface area (Å²) < 4.78 is 11.3. The molecule has 7 nitrogen and oxygen atoms in total. The Bertz CT molecular complexity index is 617. The van der Waals surface area contributed by atoms with Crippen LogP contribution >= 0.6 is 0 Å². The summed E-state index contributed by atoms with van der Waals surface area (Å²) in [5, 5.41) is 6.77. The van der Waals surface area contributed by atoms with Crippen LogP contribution in [0, 0.1) is 0 Å². The second-order valence-corrected chi connectivity index (χ2v) is 7.71.